The Labute approximate surface area is 271 Å². The summed E-state index contributed by atoms with van der Waals surface area (Å²) in [7, 11) is 3.34. The minimum Gasteiger partial charge on any atom is -0.481 e. The van der Waals surface area contributed by atoms with E-state index in [1.807, 2.05) is 55.1 Å². The first kappa shape index (κ1) is 32.4. The van der Waals surface area contributed by atoms with Crippen LogP contribution in [0.25, 0.3) is 42.8 Å². The summed E-state index contributed by atoms with van der Waals surface area (Å²) in [5.74, 6) is -0.763. The van der Waals surface area contributed by atoms with E-state index >= 15 is 0 Å². The van der Waals surface area contributed by atoms with Crippen molar-refractivity contribution in [2.75, 3.05) is 20.2 Å². The molecule has 3 aromatic carbocycles. The van der Waals surface area contributed by atoms with Gasteiger partial charge in [-0.25, -0.2) is 9.78 Å². The molecule has 0 radical (unpaired) electrons. The van der Waals surface area contributed by atoms with Crippen LogP contribution in [0, 0.1) is 6.92 Å². The van der Waals surface area contributed by atoms with Gasteiger partial charge in [-0.1, -0.05) is 23.7 Å². The smallest absolute Gasteiger partial charge is 0.409 e. The zero-order valence-corrected chi connectivity index (χ0v) is 27.8. The molecule has 9 nitrogen and oxygen atoms in total. The van der Waals surface area contributed by atoms with Gasteiger partial charge in [-0.3, -0.25) is 9.48 Å². The number of aryl methyl sites for hydroxylation is 2. The molecule has 3 heterocycles. The number of amides is 1. The first-order valence-electron chi connectivity index (χ1n) is 14.7. The maximum atomic E-state index is 12.1. The number of aliphatic carboxylic acids is 1. The summed E-state index contributed by atoms with van der Waals surface area (Å²) in [6.07, 6.45) is 0.428. The Kier molecular flexibility index (Phi) is 9.21. The van der Waals surface area contributed by atoms with E-state index < -0.39 is 11.6 Å². The number of thiazole rings is 1. The molecule has 1 aliphatic heterocycles. The molecule has 1 fully saturated rings. The summed E-state index contributed by atoms with van der Waals surface area (Å²) in [4.78, 5) is 30.6. The normalized spacial score (nSPS) is 14.9. The number of benzene rings is 3. The highest BCUT2D eigenvalue weighted by Crippen LogP contribution is 2.42. The Morgan fingerprint density at radius 3 is 2.42 bits per heavy atom. The number of fused-ring (bicyclic) bond motifs is 2. The van der Waals surface area contributed by atoms with E-state index in [2.05, 4.69) is 12.1 Å². The minimum absolute atomic E-state index is 0.0814. The predicted octanol–water partition coefficient (Wildman–Crippen LogP) is 7.44. The van der Waals surface area contributed by atoms with Gasteiger partial charge in [0, 0.05) is 47.6 Å². The largest absolute Gasteiger partial charge is 0.481 e. The predicted molar refractivity (Wildman–Crippen MR) is 179 cm³/mol. The van der Waals surface area contributed by atoms with E-state index in [9.17, 15) is 14.7 Å². The fourth-order valence-corrected chi connectivity index (χ4v) is 6.93. The average molecular weight is 649 g/mol. The van der Waals surface area contributed by atoms with Crippen LogP contribution in [0.2, 0.25) is 5.02 Å². The van der Waals surface area contributed by atoms with Crippen LogP contribution in [0.5, 0.6) is 0 Å². The molecular weight excluding hydrogens is 612 g/mol. The maximum Gasteiger partial charge on any atom is 0.409 e. The number of carboxylic acids is 1. The van der Waals surface area contributed by atoms with Gasteiger partial charge in [0.15, 0.2) is 0 Å². The number of halogens is 1. The number of carboxylic acid groups (broad SMARTS) is 1. The molecule has 6 rings (SSSR count). The highest BCUT2D eigenvalue weighted by Gasteiger charge is 2.31. The van der Waals surface area contributed by atoms with Gasteiger partial charge in [0.1, 0.15) is 5.01 Å². The van der Waals surface area contributed by atoms with Crippen molar-refractivity contribution in [3.63, 3.8) is 0 Å². The van der Waals surface area contributed by atoms with E-state index in [1.165, 1.54) is 7.11 Å². The molecule has 2 aromatic heterocycles. The number of aromatic nitrogens is 3. The van der Waals surface area contributed by atoms with Crippen molar-refractivity contribution >= 4 is 56.1 Å². The lowest BCUT2D eigenvalue weighted by Crippen LogP contribution is -2.28. The molecule has 0 bridgehead atoms. The molecule has 1 amide bonds. The zero-order chi connectivity index (χ0) is 32.6. The van der Waals surface area contributed by atoms with Gasteiger partial charge in [-0.2, -0.15) is 5.10 Å². The second-order valence-corrected chi connectivity index (χ2v) is 13.7. The lowest BCUT2D eigenvalue weighted by molar-refractivity contribution is -0.136. The van der Waals surface area contributed by atoms with Gasteiger partial charge < -0.3 is 19.8 Å². The summed E-state index contributed by atoms with van der Waals surface area (Å²) in [5, 5.41) is 25.5. The number of carbonyl (C=O) groups is 2. The summed E-state index contributed by atoms with van der Waals surface area (Å²) in [6, 6.07) is 15.7. The van der Waals surface area contributed by atoms with E-state index in [4.69, 9.17) is 31.5 Å². The Hall–Kier alpha value is -3.99. The van der Waals surface area contributed by atoms with Crippen LogP contribution < -0.4 is 0 Å². The molecule has 45 heavy (non-hydrogen) atoms. The van der Waals surface area contributed by atoms with Gasteiger partial charge in [0.05, 0.1) is 40.6 Å². The van der Waals surface area contributed by atoms with Crippen molar-refractivity contribution < 1.29 is 24.5 Å². The second-order valence-electron chi connectivity index (χ2n) is 12.3. The SMILES string of the molecule is CC(C)(C)O.COC(=O)N1CCC(c2nn(C)c3ccc(-c4nc5cc(C)c(CC(=O)O)c(-c6ccc(Cl)cc6)c5s4)cc23)C1. The summed E-state index contributed by atoms with van der Waals surface area (Å²) in [6.45, 7) is 8.37. The number of rotatable bonds is 5. The maximum absolute atomic E-state index is 12.1. The number of methoxy groups -OCH3 is 1. The lowest BCUT2D eigenvalue weighted by Gasteiger charge is -2.13. The molecule has 1 saturated heterocycles. The van der Waals surface area contributed by atoms with Crippen molar-refractivity contribution in [3.05, 3.63) is 70.4 Å². The van der Waals surface area contributed by atoms with E-state index in [-0.39, 0.29) is 18.4 Å². The van der Waals surface area contributed by atoms with Crippen molar-refractivity contribution in [1.82, 2.24) is 19.7 Å². The molecular formula is C34H37ClN4O5S. The summed E-state index contributed by atoms with van der Waals surface area (Å²) >= 11 is 7.71. The lowest BCUT2D eigenvalue weighted by atomic mass is 9.93. The molecule has 2 N–H and O–H groups in total. The Balaban J connectivity index is 0.000000743. The molecule has 0 spiro atoms. The van der Waals surface area contributed by atoms with Gasteiger partial charge >= 0.3 is 12.1 Å². The monoisotopic (exact) mass is 648 g/mol. The van der Waals surface area contributed by atoms with Crippen molar-refractivity contribution in [2.24, 2.45) is 7.05 Å². The van der Waals surface area contributed by atoms with E-state index in [1.54, 1.807) is 37.0 Å². The third-order valence-electron chi connectivity index (χ3n) is 7.61. The van der Waals surface area contributed by atoms with Crippen molar-refractivity contribution in [1.29, 1.82) is 0 Å². The molecule has 1 unspecified atom stereocenters. The topological polar surface area (TPSA) is 118 Å². The number of likely N-dealkylation sites (tertiary alicyclic amines) is 1. The molecule has 1 atom stereocenters. The highest BCUT2D eigenvalue weighted by atomic mass is 35.5. The van der Waals surface area contributed by atoms with Crippen molar-refractivity contribution in [3.8, 4) is 21.7 Å². The standard InChI is InChI=1S/C30H27ClN4O4S.C4H10O/c1-16-12-23-28(26(21(16)14-25(36)37)17-4-7-20(31)8-5-17)40-29(32-23)18-6-9-24-22(13-18)27(33-34(24)2)19-10-11-35(15-19)30(38)39-3;1-4(2,3)5/h4-9,12-13,19H,10-11,14-15H2,1-3H3,(H,36,37);5H,1-3H3. The molecule has 0 aliphatic carbocycles. The Morgan fingerprint density at radius 1 is 1.11 bits per heavy atom. The third kappa shape index (κ3) is 7.13. The quantitative estimate of drug-likeness (QED) is 0.203. The summed E-state index contributed by atoms with van der Waals surface area (Å²) < 4.78 is 7.74. The van der Waals surface area contributed by atoms with Crippen molar-refractivity contribution in [2.45, 2.75) is 52.1 Å². The number of nitrogens with zero attached hydrogens (tertiary/aromatic N) is 4. The van der Waals surface area contributed by atoms with Crippen LogP contribution in [-0.2, 0) is 23.0 Å². The number of carbonyl (C=O) groups excluding carboxylic acids is 1. The highest BCUT2D eigenvalue weighted by molar-refractivity contribution is 7.22. The Bertz CT molecular complexity index is 1890. The number of hydrogen-bond acceptors (Lipinski definition) is 7. The van der Waals surface area contributed by atoms with Crippen LogP contribution in [0.1, 0.15) is 49.9 Å². The molecule has 0 saturated carbocycles. The van der Waals surface area contributed by atoms with Crippen LogP contribution in [-0.4, -0.2) is 67.7 Å². The number of aliphatic hydroxyl groups is 1. The second kappa shape index (κ2) is 12.8. The molecule has 1 aliphatic rings. The fraction of sp³-hybridized carbons (Fsp3) is 0.353. The van der Waals surface area contributed by atoms with E-state index in [0.717, 1.165) is 66.1 Å². The van der Waals surface area contributed by atoms with Crippen LogP contribution in [0.3, 0.4) is 0 Å². The van der Waals surface area contributed by atoms with Gasteiger partial charge in [-0.05, 0) is 87.2 Å². The van der Waals surface area contributed by atoms with Gasteiger partial charge in [0.25, 0.3) is 0 Å². The van der Waals surface area contributed by atoms with E-state index in [0.29, 0.717) is 18.1 Å². The number of ether oxygens (including phenoxy) is 1. The molecule has 236 valence electrons. The fourth-order valence-electron chi connectivity index (χ4n) is 5.67. The molecule has 11 heteroatoms. The first-order valence-corrected chi connectivity index (χ1v) is 15.9. The van der Waals surface area contributed by atoms with Gasteiger partial charge in [-0.15, -0.1) is 11.3 Å². The first-order chi connectivity index (χ1) is 21.2. The van der Waals surface area contributed by atoms with Crippen LogP contribution in [0.4, 0.5) is 4.79 Å². The van der Waals surface area contributed by atoms with Crippen LogP contribution in [0.15, 0.2) is 48.5 Å². The van der Waals surface area contributed by atoms with Crippen LogP contribution >= 0.6 is 22.9 Å². The third-order valence-corrected chi connectivity index (χ3v) is 9.00. The van der Waals surface area contributed by atoms with Gasteiger partial charge in [0.2, 0.25) is 0 Å². The zero-order valence-electron chi connectivity index (χ0n) is 26.2. The Morgan fingerprint density at radius 2 is 1.78 bits per heavy atom. The summed E-state index contributed by atoms with van der Waals surface area (Å²) in [5.41, 5.74) is 6.72. The number of hydrogen-bond donors (Lipinski definition) is 2. The molecule has 5 aromatic rings. The average Bonchev–Trinajstić information content (AvgIpc) is 3.70. The minimum atomic E-state index is -0.880.